The standard InChI is InChI=1S/C17H23N5/c1-11-9-12(2)20-16(19-11)22-15(18)21-14-8-6-7-13(10-14)17(3,4)5/h6-10H,1-5H3,(H3,18,19,20,21,22). The molecule has 0 aliphatic carbocycles. The number of hydrogen-bond acceptors (Lipinski definition) is 3. The minimum absolute atomic E-state index is 0.0735. The van der Waals surface area contributed by atoms with E-state index in [9.17, 15) is 0 Å². The zero-order chi connectivity index (χ0) is 16.3. The van der Waals surface area contributed by atoms with E-state index in [4.69, 9.17) is 5.41 Å². The van der Waals surface area contributed by atoms with Gasteiger partial charge in [-0.3, -0.25) is 10.7 Å². The molecule has 2 aromatic rings. The molecule has 0 aliphatic rings. The fourth-order valence-corrected chi connectivity index (χ4v) is 2.13. The Balaban J connectivity index is 2.09. The Morgan fingerprint density at radius 1 is 1.00 bits per heavy atom. The Hall–Kier alpha value is -2.43. The SMILES string of the molecule is Cc1cc(C)nc(NC(=N)Nc2cccc(C(C)(C)C)c2)n1. The number of hydrogen-bond donors (Lipinski definition) is 3. The summed E-state index contributed by atoms with van der Waals surface area (Å²) in [6, 6.07) is 9.97. The molecule has 22 heavy (non-hydrogen) atoms. The van der Waals surface area contributed by atoms with Gasteiger partial charge in [-0.15, -0.1) is 0 Å². The molecule has 0 aliphatic heterocycles. The van der Waals surface area contributed by atoms with Gasteiger partial charge in [-0.25, -0.2) is 9.97 Å². The Morgan fingerprint density at radius 2 is 1.64 bits per heavy atom. The second kappa shape index (κ2) is 6.13. The van der Waals surface area contributed by atoms with Gasteiger partial charge in [0.05, 0.1) is 0 Å². The Bertz CT molecular complexity index is 665. The number of anilines is 2. The van der Waals surface area contributed by atoms with Gasteiger partial charge in [-0.05, 0) is 43.0 Å². The maximum atomic E-state index is 8.03. The summed E-state index contributed by atoms with van der Waals surface area (Å²) < 4.78 is 0. The lowest BCUT2D eigenvalue weighted by atomic mass is 9.87. The van der Waals surface area contributed by atoms with Crippen LogP contribution in [0.5, 0.6) is 0 Å². The van der Waals surface area contributed by atoms with Crippen molar-refractivity contribution in [2.75, 3.05) is 10.6 Å². The number of rotatable bonds is 2. The van der Waals surface area contributed by atoms with Crippen molar-refractivity contribution >= 4 is 17.6 Å². The molecule has 2 rings (SSSR count). The topological polar surface area (TPSA) is 73.7 Å². The summed E-state index contributed by atoms with van der Waals surface area (Å²) >= 11 is 0. The molecule has 0 atom stereocenters. The fourth-order valence-electron chi connectivity index (χ4n) is 2.13. The van der Waals surface area contributed by atoms with Crippen molar-refractivity contribution in [2.45, 2.75) is 40.0 Å². The highest BCUT2D eigenvalue weighted by Crippen LogP contribution is 2.24. The van der Waals surface area contributed by atoms with Crippen molar-refractivity contribution < 1.29 is 0 Å². The fraction of sp³-hybridized carbons (Fsp3) is 0.353. The van der Waals surface area contributed by atoms with Gasteiger partial charge >= 0.3 is 0 Å². The summed E-state index contributed by atoms with van der Waals surface area (Å²) in [6.07, 6.45) is 0. The number of nitrogens with one attached hydrogen (secondary N) is 3. The van der Waals surface area contributed by atoms with Crippen molar-refractivity contribution in [3.05, 3.63) is 47.3 Å². The highest BCUT2D eigenvalue weighted by molar-refractivity contribution is 6.00. The van der Waals surface area contributed by atoms with E-state index in [2.05, 4.69) is 53.5 Å². The zero-order valence-electron chi connectivity index (χ0n) is 13.8. The van der Waals surface area contributed by atoms with Crippen LogP contribution >= 0.6 is 0 Å². The smallest absolute Gasteiger partial charge is 0.229 e. The molecule has 1 heterocycles. The van der Waals surface area contributed by atoms with E-state index in [0.717, 1.165) is 17.1 Å². The first-order chi connectivity index (χ1) is 10.2. The summed E-state index contributed by atoms with van der Waals surface area (Å²) in [5.41, 5.74) is 3.90. The van der Waals surface area contributed by atoms with E-state index in [1.165, 1.54) is 5.56 Å². The van der Waals surface area contributed by atoms with Gasteiger partial charge in [0.25, 0.3) is 0 Å². The van der Waals surface area contributed by atoms with Gasteiger partial charge in [0.1, 0.15) is 0 Å². The molecule has 0 bridgehead atoms. The number of aryl methyl sites for hydroxylation is 2. The first-order valence-electron chi connectivity index (χ1n) is 7.29. The van der Waals surface area contributed by atoms with Crippen LogP contribution in [0.3, 0.4) is 0 Å². The lowest BCUT2D eigenvalue weighted by Gasteiger charge is -2.20. The van der Waals surface area contributed by atoms with E-state index in [-0.39, 0.29) is 11.4 Å². The molecule has 0 fully saturated rings. The molecule has 5 heteroatoms. The first kappa shape index (κ1) is 15.9. The van der Waals surface area contributed by atoms with Crippen LogP contribution in [0, 0.1) is 19.3 Å². The van der Waals surface area contributed by atoms with Crippen molar-refractivity contribution in [1.82, 2.24) is 9.97 Å². The normalized spacial score (nSPS) is 11.1. The van der Waals surface area contributed by atoms with Crippen LogP contribution in [0.4, 0.5) is 11.6 Å². The van der Waals surface area contributed by atoms with Crippen molar-refractivity contribution in [3.63, 3.8) is 0 Å². The molecule has 1 aromatic heterocycles. The minimum Gasteiger partial charge on any atom is -0.326 e. The third-order valence-corrected chi connectivity index (χ3v) is 3.22. The average Bonchev–Trinajstić information content (AvgIpc) is 2.36. The molecule has 0 saturated heterocycles. The summed E-state index contributed by atoms with van der Waals surface area (Å²) in [7, 11) is 0. The Labute approximate surface area is 131 Å². The van der Waals surface area contributed by atoms with Crippen LogP contribution in [-0.2, 0) is 5.41 Å². The first-order valence-corrected chi connectivity index (χ1v) is 7.29. The summed E-state index contributed by atoms with van der Waals surface area (Å²) in [4.78, 5) is 8.54. The number of guanidine groups is 1. The molecular formula is C17H23N5. The molecule has 0 unspecified atom stereocenters. The van der Waals surface area contributed by atoms with Gasteiger partial charge < -0.3 is 5.32 Å². The molecule has 1 aromatic carbocycles. The highest BCUT2D eigenvalue weighted by Gasteiger charge is 2.13. The van der Waals surface area contributed by atoms with Gasteiger partial charge in [-0.2, -0.15) is 0 Å². The van der Waals surface area contributed by atoms with E-state index >= 15 is 0 Å². The molecule has 0 saturated carbocycles. The lowest BCUT2D eigenvalue weighted by Crippen LogP contribution is -2.22. The average molecular weight is 297 g/mol. The maximum Gasteiger partial charge on any atom is 0.229 e. The number of aromatic nitrogens is 2. The lowest BCUT2D eigenvalue weighted by molar-refractivity contribution is 0.590. The minimum atomic E-state index is 0.0735. The van der Waals surface area contributed by atoms with E-state index in [1.807, 2.05) is 32.0 Å². The molecule has 116 valence electrons. The monoisotopic (exact) mass is 297 g/mol. The van der Waals surface area contributed by atoms with Gasteiger partial charge in [0.2, 0.25) is 5.95 Å². The zero-order valence-corrected chi connectivity index (χ0v) is 13.8. The molecule has 3 N–H and O–H groups in total. The van der Waals surface area contributed by atoms with Crippen LogP contribution in [-0.4, -0.2) is 15.9 Å². The van der Waals surface area contributed by atoms with Crippen LogP contribution < -0.4 is 10.6 Å². The Morgan fingerprint density at radius 3 is 2.23 bits per heavy atom. The quantitative estimate of drug-likeness (QED) is 0.581. The van der Waals surface area contributed by atoms with Crippen LogP contribution in [0.1, 0.15) is 37.7 Å². The van der Waals surface area contributed by atoms with Crippen molar-refractivity contribution in [1.29, 1.82) is 5.41 Å². The largest absolute Gasteiger partial charge is 0.326 e. The predicted molar refractivity (Wildman–Crippen MR) is 91.6 cm³/mol. The third-order valence-electron chi connectivity index (χ3n) is 3.22. The molecular weight excluding hydrogens is 274 g/mol. The van der Waals surface area contributed by atoms with E-state index < -0.39 is 0 Å². The van der Waals surface area contributed by atoms with Crippen molar-refractivity contribution in [2.24, 2.45) is 0 Å². The molecule has 5 nitrogen and oxygen atoms in total. The highest BCUT2D eigenvalue weighted by atomic mass is 15.2. The Kier molecular flexibility index (Phi) is 4.45. The second-order valence-corrected chi connectivity index (χ2v) is 6.43. The van der Waals surface area contributed by atoms with Gasteiger partial charge in [0, 0.05) is 17.1 Å². The maximum absolute atomic E-state index is 8.03. The molecule has 0 radical (unpaired) electrons. The molecule has 0 amide bonds. The van der Waals surface area contributed by atoms with Crippen LogP contribution in [0.2, 0.25) is 0 Å². The van der Waals surface area contributed by atoms with Crippen LogP contribution in [0.15, 0.2) is 30.3 Å². The second-order valence-electron chi connectivity index (χ2n) is 6.43. The van der Waals surface area contributed by atoms with E-state index in [1.54, 1.807) is 0 Å². The van der Waals surface area contributed by atoms with Crippen molar-refractivity contribution in [3.8, 4) is 0 Å². The number of nitrogens with zero attached hydrogens (tertiary/aromatic N) is 2. The summed E-state index contributed by atoms with van der Waals surface area (Å²) in [5, 5.41) is 13.9. The van der Waals surface area contributed by atoms with E-state index in [0.29, 0.717) is 5.95 Å². The number of benzene rings is 1. The molecule has 0 spiro atoms. The predicted octanol–water partition coefficient (Wildman–Crippen LogP) is 3.85. The summed E-state index contributed by atoms with van der Waals surface area (Å²) in [6.45, 7) is 10.3. The van der Waals surface area contributed by atoms with Gasteiger partial charge in [0.15, 0.2) is 5.96 Å². The third kappa shape index (κ3) is 4.28. The van der Waals surface area contributed by atoms with Crippen LogP contribution in [0.25, 0.3) is 0 Å². The van der Waals surface area contributed by atoms with Gasteiger partial charge in [-0.1, -0.05) is 32.9 Å². The summed E-state index contributed by atoms with van der Waals surface area (Å²) in [5.74, 6) is 0.582.